The van der Waals surface area contributed by atoms with Gasteiger partial charge in [-0.1, -0.05) is 0 Å². The molecule has 0 aliphatic heterocycles. The Morgan fingerprint density at radius 3 is 2.56 bits per heavy atom. The predicted molar refractivity (Wildman–Crippen MR) is 65.5 cm³/mol. The zero-order valence-electron chi connectivity index (χ0n) is 8.25. The van der Waals surface area contributed by atoms with Gasteiger partial charge in [0.1, 0.15) is 20.8 Å². The average molecular weight is 350 g/mol. The van der Waals surface area contributed by atoms with Crippen LogP contribution in [0.1, 0.15) is 0 Å². The molecular weight excluding hydrogens is 343 g/mol. The van der Waals surface area contributed by atoms with Gasteiger partial charge in [0.15, 0.2) is 0 Å². The number of benzene rings is 1. The van der Waals surface area contributed by atoms with Crippen molar-refractivity contribution in [3.63, 3.8) is 0 Å². The van der Waals surface area contributed by atoms with Crippen LogP contribution in [0.15, 0.2) is 33.5 Å². The minimum atomic E-state index is -0.368. The van der Waals surface area contributed by atoms with E-state index in [-0.39, 0.29) is 5.82 Å². The van der Waals surface area contributed by atoms with Gasteiger partial charge >= 0.3 is 0 Å². The lowest BCUT2D eigenvalue weighted by Crippen LogP contribution is -1.98. The highest BCUT2D eigenvalue weighted by Gasteiger charge is 2.08. The van der Waals surface area contributed by atoms with Crippen molar-refractivity contribution in [3.8, 4) is 11.4 Å². The highest BCUT2D eigenvalue weighted by Crippen LogP contribution is 2.24. The van der Waals surface area contributed by atoms with Crippen molar-refractivity contribution in [1.82, 2.24) is 9.78 Å². The summed E-state index contributed by atoms with van der Waals surface area (Å²) >= 11 is 6.58. The third kappa shape index (κ3) is 2.27. The number of halogens is 3. The first kappa shape index (κ1) is 11.6. The van der Waals surface area contributed by atoms with Crippen LogP contribution in [0.2, 0.25) is 0 Å². The standard InChI is InChI=1S/C10H7Br2FN2O/c1-16-8-3-6(13)2-7(4-8)15-10(12)5-9(11)14-15/h2-5H,1H3. The van der Waals surface area contributed by atoms with Crippen LogP contribution in [0.5, 0.6) is 5.75 Å². The Hall–Kier alpha value is -0.880. The molecule has 0 radical (unpaired) electrons. The summed E-state index contributed by atoms with van der Waals surface area (Å²) in [6.07, 6.45) is 0. The van der Waals surface area contributed by atoms with Crippen LogP contribution in [-0.2, 0) is 0 Å². The lowest BCUT2D eigenvalue weighted by Gasteiger charge is -2.06. The third-order valence-corrected chi connectivity index (χ3v) is 2.92. The molecular formula is C10H7Br2FN2O. The first-order valence-electron chi connectivity index (χ1n) is 4.36. The van der Waals surface area contributed by atoms with Crippen LogP contribution >= 0.6 is 31.9 Å². The molecule has 0 amide bonds. The molecule has 1 aromatic carbocycles. The molecule has 0 aliphatic carbocycles. The molecule has 6 heteroatoms. The van der Waals surface area contributed by atoms with Gasteiger partial charge in [0.2, 0.25) is 0 Å². The Labute approximate surface area is 108 Å². The van der Waals surface area contributed by atoms with Gasteiger partial charge in [-0.15, -0.1) is 0 Å². The summed E-state index contributed by atoms with van der Waals surface area (Å²) < 4.78 is 21.2. The van der Waals surface area contributed by atoms with Crippen LogP contribution in [0.4, 0.5) is 4.39 Å². The molecule has 2 rings (SSSR count). The van der Waals surface area contributed by atoms with Crippen molar-refractivity contribution in [3.05, 3.63) is 39.3 Å². The summed E-state index contributed by atoms with van der Waals surface area (Å²) in [6.45, 7) is 0. The Balaban J connectivity index is 2.55. The van der Waals surface area contributed by atoms with E-state index in [9.17, 15) is 4.39 Å². The molecule has 16 heavy (non-hydrogen) atoms. The van der Waals surface area contributed by atoms with Crippen molar-refractivity contribution in [2.45, 2.75) is 0 Å². The van der Waals surface area contributed by atoms with Crippen LogP contribution in [0.25, 0.3) is 5.69 Å². The number of nitrogens with zero attached hydrogens (tertiary/aromatic N) is 2. The van der Waals surface area contributed by atoms with Gasteiger partial charge in [-0.05, 0) is 37.9 Å². The molecule has 0 aliphatic rings. The van der Waals surface area contributed by atoms with Gasteiger partial charge in [-0.2, -0.15) is 5.10 Å². The van der Waals surface area contributed by atoms with E-state index in [1.807, 2.05) is 0 Å². The fraction of sp³-hybridized carbons (Fsp3) is 0.100. The van der Waals surface area contributed by atoms with Gasteiger partial charge in [0, 0.05) is 18.2 Å². The molecule has 1 aromatic heterocycles. The van der Waals surface area contributed by atoms with E-state index in [1.54, 1.807) is 16.8 Å². The van der Waals surface area contributed by atoms with Crippen molar-refractivity contribution < 1.29 is 9.13 Å². The second kappa shape index (κ2) is 4.55. The smallest absolute Gasteiger partial charge is 0.129 e. The highest BCUT2D eigenvalue weighted by atomic mass is 79.9. The minimum Gasteiger partial charge on any atom is -0.497 e. The molecule has 3 nitrogen and oxygen atoms in total. The van der Waals surface area contributed by atoms with Gasteiger partial charge in [-0.25, -0.2) is 9.07 Å². The molecule has 0 atom stereocenters. The fourth-order valence-corrected chi connectivity index (χ4v) is 2.48. The van der Waals surface area contributed by atoms with Crippen LogP contribution in [0, 0.1) is 5.82 Å². The molecule has 1 heterocycles. The summed E-state index contributed by atoms with van der Waals surface area (Å²) in [6, 6.07) is 6.17. The Bertz CT molecular complexity index is 528. The van der Waals surface area contributed by atoms with E-state index in [2.05, 4.69) is 37.0 Å². The quantitative estimate of drug-likeness (QED) is 0.829. The fourth-order valence-electron chi connectivity index (χ4n) is 1.30. The third-order valence-electron chi connectivity index (χ3n) is 1.97. The van der Waals surface area contributed by atoms with Crippen molar-refractivity contribution in [2.24, 2.45) is 0 Å². The van der Waals surface area contributed by atoms with Gasteiger partial charge in [-0.3, -0.25) is 0 Å². The topological polar surface area (TPSA) is 27.1 Å². The van der Waals surface area contributed by atoms with Gasteiger partial charge in [0.05, 0.1) is 12.8 Å². The minimum absolute atomic E-state index is 0.368. The molecule has 0 fully saturated rings. The van der Waals surface area contributed by atoms with Gasteiger partial charge < -0.3 is 4.74 Å². The summed E-state index contributed by atoms with van der Waals surface area (Å²) in [7, 11) is 1.49. The number of hydrogen-bond acceptors (Lipinski definition) is 2. The summed E-state index contributed by atoms with van der Waals surface area (Å²) in [5.41, 5.74) is 0.592. The summed E-state index contributed by atoms with van der Waals surface area (Å²) in [4.78, 5) is 0. The summed E-state index contributed by atoms with van der Waals surface area (Å²) in [5, 5.41) is 4.16. The zero-order valence-corrected chi connectivity index (χ0v) is 11.4. The number of methoxy groups -OCH3 is 1. The molecule has 0 spiro atoms. The van der Waals surface area contributed by atoms with E-state index < -0.39 is 0 Å². The van der Waals surface area contributed by atoms with Crippen molar-refractivity contribution in [2.75, 3.05) is 7.11 Å². The number of hydrogen-bond donors (Lipinski definition) is 0. The van der Waals surface area contributed by atoms with E-state index in [0.717, 1.165) is 4.60 Å². The van der Waals surface area contributed by atoms with Crippen LogP contribution < -0.4 is 4.74 Å². The maximum atomic E-state index is 13.3. The largest absolute Gasteiger partial charge is 0.497 e. The molecule has 0 saturated heterocycles. The molecule has 0 unspecified atom stereocenters. The average Bonchev–Trinajstić information content (AvgIpc) is 2.57. The maximum Gasteiger partial charge on any atom is 0.129 e. The predicted octanol–water partition coefficient (Wildman–Crippen LogP) is 3.55. The molecule has 84 valence electrons. The Morgan fingerprint density at radius 1 is 1.25 bits per heavy atom. The van der Waals surface area contributed by atoms with Crippen LogP contribution in [0.3, 0.4) is 0 Å². The number of rotatable bonds is 2. The highest BCUT2D eigenvalue weighted by molar-refractivity contribution is 9.11. The maximum absolute atomic E-state index is 13.3. The van der Waals surface area contributed by atoms with Crippen LogP contribution in [-0.4, -0.2) is 16.9 Å². The van der Waals surface area contributed by atoms with E-state index >= 15 is 0 Å². The van der Waals surface area contributed by atoms with Crippen molar-refractivity contribution >= 4 is 31.9 Å². The SMILES string of the molecule is COc1cc(F)cc(-n2nc(Br)cc2Br)c1. The molecule has 2 aromatic rings. The normalized spacial score (nSPS) is 10.5. The first-order chi connectivity index (χ1) is 7.60. The first-order valence-corrected chi connectivity index (χ1v) is 5.95. The van der Waals surface area contributed by atoms with E-state index in [1.165, 1.54) is 19.2 Å². The lowest BCUT2D eigenvalue weighted by molar-refractivity contribution is 0.411. The molecule has 0 bridgehead atoms. The van der Waals surface area contributed by atoms with Gasteiger partial charge in [0.25, 0.3) is 0 Å². The lowest BCUT2D eigenvalue weighted by atomic mass is 10.3. The number of aromatic nitrogens is 2. The second-order valence-electron chi connectivity index (χ2n) is 3.05. The van der Waals surface area contributed by atoms with Crippen molar-refractivity contribution in [1.29, 1.82) is 0 Å². The number of ether oxygens (including phenoxy) is 1. The molecule has 0 N–H and O–H groups in total. The monoisotopic (exact) mass is 348 g/mol. The zero-order chi connectivity index (χ0) is 11.7. The van der Waals surface area contributed by atoms with E-state index in [0.29, 0.717) is 16.0 Å². The van der Waals surface area contributed by atoms with E-state index in [4.69, 9.17) is 4.74 Å². The summed E-state index contributed by atoms with van der Waals surface area (Å²) in [5.74, 6) is 0.0846. The Kier molecular flexibility index (Phi) is 3.30. The molecule has 0 saturated carbocycles. The second-order valence-corrected chi connectivity index (χ2v) is 4.68. The Morgan fingerprint density at radius 2 is 2.00 bits per heavy atom.